The van der Waals surface area contributed by atoms with Crippen molar-refractivity contribution in [2.24, 2.45) is 0 Å². The smallest absolute Gasteiger partial charge is 0.185 e. The van der Waals surface area contributed by atoms with E-state index in [9.17, 15) is 9.18 Å². The Morgan fingerprint density at radius 1 is 1.22 bits per heavy atom. The second-order valence-electron chi connectivity index (χ2n) is 4.83. The summed E-state index contributed by atoms with van der Waals surface area (Å²) in [6.45, 7) is 0.360. The van der Waals surface area contributed by atoms with Gasteiger partial charge in [0.2, 0.25) is 0 Å². The number of hydrogen-bond acceptors (Lipinski definition) is 3. The number of benzene rings is 2. The van der Waals surface area contributed by atoms with Crippen molar-refractivity contribution in [1.29, 1.82) is 0 Å². The van der Waals surface area contributed by atoms with Crippen LogP contribution in [0.25, 0.3) is 6.08 Å². The van der Waals surface area contributed by atoms with Crippen LogP contribution >= 0.6 is 15.9 Å². The van der Waals surface area contributed by atoms with E-state index < -0.39 is 0 Å². The fourth-order valence-electron chi connectivity index (χ4n) is 2.08. The van der Waals surface area contributed by atoms with Gasteiger partial charge < -0.3 is 9.47 Å². The van der Waals surface area contributed by atoms with Crippen LogP contribution in [0.4, 0.5) is 4.39 Å². The van der Waals surface area contributed by atoms with Crippen LogP contribution in [0, 0.1) is 5.82 Å². The molecular weight excluding hydrogens is 363 g/mol. The lowest BCUT2D eigenvalue weighted by atomic mass is 10.1. The monoisotopic (exact) mass is 378 g/mol. The first kappa shape index (κ1) is 17.4. The number of carbonyl (C=O) groups excluding carboxylic acids is 1. The van der Waals surface area contributed by atoms with Crippen molar-refractivity contribution in [2.45, 2.75) is 6.61 Å². The van der Waals surface area contributed by atoms with E-state index in [4.69, 9.17) is 9.47 Å². The van der Waals surface area contributed by atoms with Gasteiger partial charge in [-0.25, -0.2) is 4.39 Å². The molecule has 0 fully saturated rings. The van der Waals surface area contributed by atoms with E-state index in [1.54, 1.807) is 50.6 Å². The molecule has 0 N–H and O–H groups in total. The topological polar surface area (TPSA) is 35.5 Å². The molecule has 3 nitrogen and oxygen atoms in total. The molecule has 0 radical (unpaired) electrons. The van der Waals surface area contributed by atoms with Crippen molar-refractivity contribution in [3.05, 3.63) is 69.5 Å². The molecule has 0 aliphatic heterocycles. The molecule has 0 atom stereocenters. The molecule has 0 saturated carbocycles. The van der Waals surface area contributed by atoms with Crippen molar-refractivity contribution in [2.75, 3.05) is 14.2 Å². The molecule has 5 heteroatoms. The van der Waals surface area contributed by atoms with Gasteiger partial charge >= 0.3 is 0 Å². The Balaban J connectivity index is 2.21. The van der Waals surface area contributed by atoms with Crippen LogP contribution in [-0.2, 0) is 11.3 Å². The van der Waals surface area contributed by atoms with Crippen LogP contribution in [0.3, 0.4) is 0 Å². The molecule has 0 aliphatic rings. The minimum Gasteiger partial charge on any atom is -0.496 e. The van der Waals surface area contributed by atoms with Gasteiger partial charge in [-0.15, -0.1) is 0 Å². The number of rotatable bonds is 6. The van der Waals surface area contributed by atoms with E-state index in [0.717, 1.165) is 11.1 Å². The zero-order chi connectivity index (χ0) is 16.8. The fourth-order valence-corrected chi connectivity index (χ4v) is 2.48. The molecule has 0 heterocycles. The fraction of sp³-hybridized carbons (Fsp3) is 0.167. The number of ether oxygens (including phenoxy) is 2. The molecule has 0 aromatic heterocycles. The van der Waals surface area contributed by atoms with Gasteiger partial charge in [-0.1, -0.05) is 12.1 Å². The lowest BCUT2D eigenvalue weighted by molar-refractivity contribution is 0.104. The highest BCUT2D eigenvalue weighted by atomic mass is 79.9. The maximum Gasteiger partial charge on any atom is 0.185 e. The van der Waals surface area contributed by atoms with Crippen LogP contribution in [0.1, 0.15) is 21.5 Å². The first-order chi connectivity index (χ1) is 11.0. The molecule has 0 unspecified atom stereocenters. The zero-order valence-electron chi connectivity index (χ0n) is 12.8. The van der Waals surface area contributed by atoms with Gasteiger partial charge in [0, 0.05) is 18.2 Å². The van der Waals surface area contributed by atoms with E-state index in [0.29, 0.717) is 22.4 Å². The van der Waals surface area contributed by atoms with Crippen LogP contribution < -0.4 is 4.74 Å². The Labute approximate surface area is 142 Å². The highest BCUT2D eigenvalue weighted by Crippen LogP contribution is 2.22. The summed E-state index contributed by atoms with van der Waals surface area (Å²) in [6.07, 6.45) is 3.10. The van der Waals surface area contributed by atoms with Gasteiger partial charge in [0.05, 0.1) is 18.2 Å². The molecule has 2 aromatic rings. The third-order valence-corrected chi connectivity index (χ3v) is 3.84. The lowest BCUT2D eigenvalue weighted by Crippen LogP contribution is -1.99. The maximum atomic E-state index is 13.2. The molecule has 0 spiro atoms. The summed E-state index contributed by atoms with van der Waals surface area (Å²) < 4.78 is 23.9. The summed E-state index contributed by atoms with van der Waals surface area (Å²) >= 11 is 3.12. The number of allylic oxidation sites excluding steroid dienone is 1. The third-order valence-electron chi connectivity index (χ3n) is 3.24. The summed E-state index contributed by atoms with van der Waals surface area (Å²) in [5.41, 5.74) is 2.08. The molecule has 23 heavy (non-hydrogen) atoms. The summed E-state index contributed by atoms with van der Waals surface area (Å²) in [5.74, 6) is 0.188. The largest absolute Gasteiger partial charge is 0.496 e. The first-order valence-electron chi connectivity index (χ1n) is 6.88. The average Bonchev–Trinajstić information content (AvgIpc) is 2.56. The lowest BCUT2D eigenvalue weighted by Gasteiger charge is -2.08. The highest BCUT2D eigenvalue weighted by molar-refractivity contribution is 9.10. The number of halogens is 2. The van der Waals surface area contributed by atoms with Crippen LogP contribution in [0.15, 0.2) is 46.9 Å². The number of ketones is 1. The number of carbonyl (C=O) groups is 1. The van der Waals surface area contributed by atoms with E-state index in [2.05, 4.69) is 15.9 Å². The van der Waals surface area contributed by atoms with Gasteiger partial charge in [-0.3, -0.25) is 4.79 Å². The summed E-state index contributed by atoms with van der Waals surface area (Å²) in [4.78, 5) is 12.3. The van der Waals surface area contributed by atoms with E-state index in [-0.39, 0.29) is 11.6 Å². The van der Waals surface area contributed by atoms with Crippen LogP contribution in [0.2, 0.25) is 0 Å². The minimum atomic E-state index is -0.340. The molecule has 2 aromatic carbocycles. The van der Waals surface area contributed by atoms with Crippen molar-refractivity contribution >= 4 is 27.8 Å². The Morgan fingerprint density at radius 2 is 2.00 bits per heavy atom. The predicted octanol–water partition coefficient (Wildman–Crippen LogP) is 4.64. The zero-order valence-corrected chi connectivity index (χ0v) is 14.4. The van der Waals surface area contributed by atoms with Crippen LogP contribution in [0.5, 0.6) is 5.75 Å². The van der Waals surface area contributed by atoms with Gasteiger partial charge in [0.15, 0.2) is 5.78 Å². The SMILES string of the molecule is COCc1cc(C(=O)/C=C/c2ccc(F)c(Br)c2)ccc1OC. The second-order valence-corrected chi connectivity index (χ2v) is 5.69. The molecule has 0 aliphatic carbocycles. The average molecular weight is 379 g/mol. The van der Waals surface area contributed by atoms with Gasteiger partial charge in [-0.2, -0.15) is 0 Å². The minimum absolute atomic E-state index is 0.148. The highest BCUT2D eigenvalue weighted by Gasteiger charge is 2.08. The quantitative estimate of drug-likeness (QED) is 0.542. The number of hydrogen-bond donors (Lipinski definition) is 0. The van der Waals surface area contributed by atoms with E-state index in [1.807, 2.05) is 0 Å². The molecule has 2 rings (SSSR count). The van der Waals surface area contributed by atoms with Crippen molar-refractivity contribution in [3.63, 3.8) is 0 Å². The van der Waals surface area contributed by atoms with Crippen molar-refractivity contribution in [1.82, 2.24) is 0 Å². The maximum absolute atomic E-state index is 13.2. The van der Waals surface area contributed by atoms with Gasteiger partial charge in [-0.05, 0) is 57.9 Å². The normalized spacial score (nSPS) is 11.0. The van der Waals surface area contributed by atoms with E-state index >= 15 is 0 Å². The molecule has 0 amide bonds. The Kier molecular flexibility index (Phi) is 6.07. The predicted molar refractivity (Wildman–Crippen MR) is 91.2 cm³/mol. The third kappa shape index (κ3) is 4.50. The summed E-state index contributed by atoms with van der Waals surface area (Å²) in [5, 5.41) is 0. The Morgan fingerprint density at radius 3 is 2.65 bits per heavy atom. The summed E-state index contributed by atoms with van der Waals surface area (Å²) in [7, 11) is 3.16. The Bertz CT molecular complexity index is 741. The molecule has 120 valence electrons. The van der Waals surface area contributed by atoms with Gasteiger partial charge in [0.25, 0.3) is 0 Å². The standard InChI is InChI=1S/C18H16BrFO3/c1-22-11-14-10-13(5-8-18(14)23-2)17(21)7-4-12-3-6-16(20)15(19)9-12/h3-10H,11H2,1-2H3/b7-4+. The van der Waals surface area contributed by atoms with E-state index in [1.165, 1.54) is 12.1 Å². The van der Waals surface area contributed by atoms with Crippen molar-refractivity contribution in [3.8, 4) is 5.75 Å². The van der Waals surface area contributed by atoms with Crippen molar-refractivity contribution < 1.29 is 18.7 Å². The molecular formula is C18H16BrFO3. The molecule has 0 bridgehead atoms. The van der Waals surface area contributed by atoms with Crippen LogP contribution in [-0.4, -0.2) is 20.0 Å². The Hall–Kier alpha value is -1.98. The number of methoxy groups -OCH3 is 2. The second kappa shape index (κ2) is 8.04. The first-order valence-corrected chi connectivity index (χ1v) is 7.67. The molecule has 0 saturated heterocycles. The van der Waals surface area contributed by atoms with Gasteiger partial charge in [0.1, 0.15) is 11.6 Å². The summed E-state index contributed by atoms with van der Waals surface area (Å²) in [6, 6.07) is 9.75.